The first-order valence-corrected chi connectivity index (χ1v) is 9.67. The Labute approximate surface area is 157 Å². The van der Waals surface area contributed by atoms with Gasteiger partial charge in [-0.15, -0.1) is 0 Å². The molecule has 6 heteroatoms. The lowest BCUT2D eigenvalue weighted by Crippen LogP contribution is -2.52. The summed E-state index contributed by atoms with van der Waals surface area (Å²) in [6.45, 7) is 10.2. The molecule has 5 nitrogen and oxygen atoms in total. The van der Waals surface area contributed by atoms with Crippen molar-refractivity contribution in [3.05, 3.63) is 30.1 Å². The van der Waals surface area contributed by atoms with Crippen molar-refractivity contribution in [2.75, 3.05) is 58.3 Å². The van der Waals surface area contributed by atoms with Crippen LogP contribution in [-0.4, -0.2) is 75.2 Å². The fourth-order valence-electron chi connectivity index (χ4n) is 3.11. The zero-order valence-electron chi connectivity index (χ0n) is 16.7. The Morgan fingerprint density at radius 2 is 1.81 bits per heavy atom. The Morgan fingerprint density at radius 1 is 1.15 bits per heavy atom. The van der Waals surface area contributed by atoms with Crippen molar-refractivity contribution in [3.63, 3.8) is 0 Å². The van der Waals surface area contributed by atoms with E-state index < -0.39 is 0 Å². The summed E-state index contributed by atoms with van der Waals surface area (Å²) in [5, 5.41) is 3.49. The lowest BCUT2D eigenvalue weighted by Gasteiger charge is -2.37. The van der Waals surface area contributed by atoms with Crippen LogP contribution < -0.4 is 10.2 Å². The smallest absolute Gasteiger partial charge is 0.193 e. The molecule has 0 atom stereocenters. The number of anilines is 1. The van der Waals surface area contributed by atoms with Gasteiger partial charge in [0.05, 0.1) is 0 Å². The molecule has 0 spiro atoms. The molecule has 0 aromatic heterocycles. The van der Waals surface area contributed by atoms with Gasteiger partial charge in [0, 0.05) is 51.5 Å². The molecule has 146 valence electrons. The van der Waals surface area contributed by atoms with Crippen LogP contribution in [0.15, 0.2) is 29.3 Å². The van der Waals surface area contributed by atoms with Gasteiger partial charge >= 0.3 is 0 Å². The molecule has 0 unspecified atom stereocenters. The SMILES string of the molecule is CN=C(NCCCCN(C)C(C)C)N1CCN(c2ccc(F)cc2)CC1. The van der Waals surface area contributed by atoms with E-state index >= 15 is 0 Å². The first-order chi connectivity index (χ1) is 12.5. The monoisotopic (exact) mass is 363 g/mol. The molecule has 0 bridgehead atoms. The summed E-state index contributed by atoms with van der Waals surface area (Å²) in [5.74, 6) is 0.803. The van der Waals surface area contributed by atoms with Crippen LogP contribution in [0.3, 0.4) is 0 Å². The molecule has 1 aromatic carbocycles. The van der Waals surface area contributed by atoms with Gasteiger partial charge in [-0.1, -0.05) is 0 Å². The molecule has 0 saturated carbocycles. The maximum Gasteiger partial charge on any atom is 0.193 e. The van der Waals surface area contributed by atoms with Gasteiger partial charge in [0.25, 0.3) is 0 Å². The first kappa shape index (κ1) is 20.5. The maximum absolute atomic E-state index is 13.1. The summed E-state index contributed by atoms with van der Waals surface area (Å²) in [4.78, 5) is 11.4. The first-order valence-electron chi connectivity index (χ1n) is 9.67. The van der Waals surface area contributed by atoms with Gasteiger partial charge in [-0.3, -0.25) is 4.99 Å². The lowest BCUT2D eigenvalue weighted by atomic mass is 10.2. The van der Waals surface area contributed by atoms with E-state index in [0.717, 1.165) is 57.3 Å². The number of piperazine rings is 1. The van der Waals surface area contributed by atoms with Crippen molar-refractivity contribution < 1.29 is 4.39 Å². The van der Waals surface area contributed by atoms with Crippen LogP contribution >= 0.6 is 0 Å². The quantitative estimate of drug-likeness (QED) is 0.459. The minimum absolute atomic E-state index is 0.184. The molecule has 1 aromatic rings. The van der Waals surface area contributed by atoms with Crippen LogP contribution in [0.2, 0.25) is 0 Å². The predicted octanol–water partition coefficient (Wildman–Crippen LogP) is 2.64. The van der Waals surface area contributed by atoms with Crippen LogP contribution in [0.5, 0.6) is 0 Å². The molecular weight excluding hydrogens is 329 g/mol. The predicted molar refractivity (Wildman–Crippen MR) is 109 cm³/mol. The molecular formula is C20H34FN5. The van der Waals surface area contributed by atoms with Crippen molar-refractivity contribution >= 4 is 11.6 Å². The highest BCUT2D eigenvalue weighted by molar-refractivity contribution is 5.80. The third-order valence-corrected chi connectivity index (χ3v) is 5.09. The second kappa shape index (κ2) is 10.4. The highest BCUT2D eigenvalue weighted by Gasteiger charge is 2.19. The Bertz CT molecular complexity index is 550. The zero-order chi connectivity index (χ0) is 18.9. The van der Waals surface area contributed by atoms with Gasteiger partial charge in [-0.2, -0.15) is 0 Å². The second-order valence-corrected chi connectivity index (χ2v) is 7.21. The third-order valence-electron chi connectivity index (χ3n) is 5.09. The number of hydrogen-bond donors (Lipinski definition) is 1. The highest BCUT2D eigenvalue weighted by atomic mass is 19.1. The van der Waals surface area contributed by atoms with E-state index in [1.54, 1.807) is 0 Å². The van der Waals surface area contributed by atoms with Crippen LogP contribution in [0.1, 0.15) is 26.7 Å². The number of guanidine groups is 1. The lowest BCUT2D eigenvalue weighted by molar-refractivity contribution is 0.268. The highest BCUT2D eigenvalue weighted by Crippen LogP contribution is 2.16. The number of nitrogens with one attached hydrogen (secondary N) is 1. The minimum Gasteiger partial charge on any atom is -0.368 e. The standard InChI is InChI=1S/C20H34FN5/c1-17(2)24(4)12-6-5-11-23-20(22-3)26-15-13-25(14-16-26)19-9-7-18(21)8-10-19/h7-10,17H,5-6,11-16H2,1-4H3,(H,22,23). The number of unbranched alkanes of at least 4 members (excludes halogenated alkanes) is 1. The average molecular weight is 364 g/mol. The van der Waals surface area contributed by atoms with E-state index in [1.807, 2.05) is 19.2 Å². The Balaban J connectivity index is 1.70. The van der Waals surface area contributed by atoms with Crippen molar-refractivity contribution in [2.45, 2.75) is 32.7 Å². The van der Waals surface area contributed by atoms with E-state index in [1.165, 1.54) is 18.6 Å². The number of benzene rings is 1. The molecule has 1 saturated heterocycles. The number of aliphatic imine (C=N–C) groups is 1. The molecule has 26 heavy (non-hydrogen) atoms. The number of nitrogens with zero attached hydrogens (tertiary/aromatic N) is 4. The van der Waals surface area contributed by atoms with E-state index in [4.69, 9.17) is 0 Å². The summed E-state index contributed by atoms with van der Waals surface area (Å²) in [6, 6.07) is 7.36. The van der Waals surface area contributed by atoms with Gasteiger partial charge < -0.3 is 20.0 Å². The topological polar surface area (TPSA) is 34.1 Å². The van der Waals surface area contributed by atoms with Crippen molar-refractivity contribution in [3.8, 4) is 0 Å². The van der Waals surface area contributed by atoms with Gasteiger partial charge in [-0.25, -0.2) is 4.39 Å². The number of hydrogen-bond acceptors (Lipinski definition) is 3. The van der Waals surface area contributed by atoms with Gasteiger partial charge in [-0.05, 0) is 64.5 Å². The largest absolute Gasteiger partial charge is 0.368 e. The summed E-state index contributed by atoms with van der Waals surface area (Å²) in [5.41, 5.74) is 1.09. The molecule has 0 aliphatic carbocycles. The summed E-state index contributed by atoms with van der Waals surface area (Å²) in [6.07, 6.45) is 2.34. The summed E-state index contributed by atoms with van der Waals surface area (Å²) >= 11 is 0. The van der Waals surface area contributed by atoms with E-state index in [0.29, 0.717) is 6.04 Å². The molecule has 2 rings (SSSR count). The second-order valence-electron chi connectivity index (χ2n) is 7.21. The van der Waals surface area contributed by atoms with Crippen molar-refractivity contribution in [1.82, 2.24) is 15.1 Å². The zero-order valence-corrected chi connectivity index (χ0v) is 16.7. The molecule has 1 fully saturated rings. The van der Waals surface area contributed by atoms with Gasteiger partial charge in [0.2, 0.25) is 0 Å². The van der Waals surface area contributed by atoms with Crippen LogP contribution in [-0.2, 0) is 0 Å². The van der Waals surface area contributed by atoms with E-state index in [-0.39, 0.29) is 5.82 Å². The maximum atomic E-state index is 13.1. The van der Waals surface area contributed by atoms with Crippen LogP contribution in [0.25, 0.3) is 0 Å². The number of rotatable bonds is 7. The van der Waals surface area contributed by atoms with Crippen molar-refractivity contribution in [1.29, 1.82) is 0 Å². The third kappa shape index (κ3) is 6.16. The Hall–Kier alpha value is -1.82. The molecule has 1 aliphatic heterocycles. The molecule has 0 amide bonds. The van der Waals surface area contributed by atoms with E-state index in [9.17, 15) is 4.39 Å². The van der Waals surface area contributed by atoms with Gasteiger partial charge in [0.15, 0.2) is 5.96 Å². The van der Waals surface area contributed by atoms with Crippen molar-refractivity contribution in [2.24, 2.45) is 4.99 Å². The summed E-state index contributed by atoms with van der Waals surface area (Å²) < 4.78 is 13.1. The Kier molecular flexibility index (Phi) is 8.16. The molecule has 1 aliphatic rings. The number of halogens is 1. The molecule has 1 heterocycles. The summed E-state index contributed by atoms with van der Waals surface area (Å²) in [7, 11) is 4.03. The molecule has 1 N–H and O–H groups in total. The Morgan fingerprint density at radius 3 is 2.38 bits per heavy atom. The van der Waals surface area contributed by atoms with Gasteiger partial charge in [0.1, 0.15) is 5.82 Å². The fourth-order valence-corrected chi connectivity index (χ4v) is 3.11. The van der Waals surface area contributed by atoms with Crippen LogP contribution in [0.4, 0.5) is 10.1 Å². The van der Waals surface area contributed by atoms with E-state index in [2.05, 4.69) is 45.9 Å². The molecule has 0 radical (unpaired) electrons. The minimum atomic E-state index is -0.184. The van der Waals surface area contributed by atoms with Crippen LogP contribution in [0, 0.1) is 5.82 Å². The average Bonchev–Trinajstić information content (AvgIpc) is 2.65. The normalized spacial score (nSPS) is 15.9. The fraction of sp³-hybridized carbons (Fsp3) is 0.650.